The molecule has 2 aromatic carbocycles. The molecule has 0 saturated heterocycles. The highest BCUT2D eigenvalue weighted by molar-refractivity contribution is 7.13. The smallest absolute Gasteiger partial charge is 0.322 e. The van der Waals surface area contributed by atoms with Crippen molar-refractivity contribution in [3.05, 3.63) is 100 Å². The van der Waals surface area contributed by atoms with Gasteiger partial charge in [-0.15, -0.1) is 11.3 Å². The predicted octanol–water partition coefficient (Wildman–Crippen LogP) is 5.80. The summed E-state index contributed by atoms with van der Waals surface area (Å²) in [5, 5.41) is 9.31. The number of hydrogen-bond acceptors (Lipinski definition) is 5. The van der Waals surface area contributed by atoms with Gasteiger partial charge in [-0.05, 0) is 36.4 Å². The third-order valence-electron chi connectivity index (χ3n) is 5.59. The minimum Gasteiger partial charge on any atom is -0.334 e. The molecular formula is C25H22N4O2S. The van der Waals surface area contributed by atoms with E-state index in [-0.39, 0.29) is 12.1 Å². The van der Waals surface area contributed by atoms with Crippen molar-refractivity contribution < 1.29 is 9.32 Å². The Hall–Kier alpha value is -3.71. The number of benzene rings is 2. The van der Waals surface area contributed by atoms with Crippen molar-refractivity contribution in [3.8, 4) is 10.7 Å². The van der Waals surface area contributed by atoms with Crippen LogP contribution in [0.15, 0.2) is 82.3 Å². The third-order valence-corrected chi connectivity index (χ3v) is 6.45. The molecule has 1 unspecified atom stereocenters. The van der Waals surface area contributed by atoms with Gasteiger partial charge in [0.15, 0.2) is 0 Å². The zero-order valence-electron chi connectivity index (χ0n) is 17.8. The molecular weight excluding hydrogens is 420 g/mol. The van der Waals surface area contributed by atoms with Crippen molar-refractivity contribution in [3.63, 3.8) is 0 Å². The molecule has 1 aliphatic heterocycles. The quantitative estimate of drug-likeness (QED) is 0.424. The predicted molar refractivity (Wildman–Crippen MR) is 125 cm³/mol. The molecule has 1 atom stereocenters. The maximum absolute atomic E-state index is 13.1. The van der Waals surface area contributed by atoms with Gasteiger partial charge in [0.1, 0.15) is 0 Å². The van der Waals surface area contributed by atoms with Gasteiger partial charge in [-0.2, -0.15) is 4.98 Å². The Morgan fingerprint density at radius 3 is 2.53 bits per heavy atom. The molecule has 6 nitrogen and oxygen atoms in total. The fraction of sp³-hybridized carbons (Fsp3) is 0.160. The molecule has 3 heterocycles. The summed E-state index contributed by atoms with van der Waals surface area (Å²) in [6.07, 6.45) is 0. The first-order valence-electron chi connectivity index (χ1n) is 10.4. The van der Waals surface area contributed by atoms with Crippen LogP contribution in [0.2, 0.25) is 0 Å². The molecule has 2 amide bonds. The number of nitrogens with zero attached hydrogens (tertiary/aromatic N) is 3. The van der Waals surface area contributed by atoms with E-state index in [4.69, 9.17) is 4.52 Å². The Morgan fingerprint density at radius 2 is 1.81 bits per heavy atom. The maximum atomic E-state index is 13.1. The van der Waals surface area contributed by atoms with E-state index < -0.39 is 0 Å². The molecule has 1 aliphatic rings. The molecule has 0 spiro atoms. The topological polar surface area (TPSA) is 71.3 Å². The first kappa shape index (κ1) is 20.2. The summed E-state index contributed by atoms with van der Waals surface area (Å²) in [5.41, 5.74) is 4.79. The van der Waals surface area contributed by atoms with Gasteiger partial charge in [0.05, 0.1) is 23.0 Å². The summed E-state index contributed by atoms with van der Waals surface area (Å²) in [5.74, 6) is 0.956. The van der Waals surface area contributed by atoms with Gasteiger partial charge < -0.3 is 9.84 Å². The van der Waals surface area contributed by atoms with Crippen LogP contribution in [0.5, 0.6) is 0 Å². The van der Waals surface area contributed by atoms with Crippen LogP contribution in [-0.4, -0.2) is 21.1 Å². The van der Waals surface area contributed by atoms with Crippen molar-refractivity contribution in [2.24, 2.45) is 0 Å². The first-order chi connectivity index (χ1) is 15.6. The Kier molecular flexibility index (Phi) is 5.33. The Morgan fingerprint density at radius 1 is 1.03 bits per heavy atom. The second kappa shape index (κ2) is 8.43. The van der Waals surface area contributed by atoms with E-state index in [0.717, 1.165) is 27.3 Å². The highest BCUT2D eigenvalue weighted by atomic mass is 32.1. The zero-order valence-corrected chi connectivity index (χ0v) is 18.6. The number of allylic oxidation sites excluding steroid dienone is 1. The normalized spacial score (nSPS) is 16.4. The second-order valence-corrected chi connectivity index (χ2v) is 8.71. The lowest BCUT2D eigenvalue weighted by molar-refractivity contribution is 0.203. The molecule has 1 N–H and O–H groups in total. The van der Waals surface area contributed by atoms with Gasteiger partial charge in [-0.1, -0.05) is 71.4 Å². The number of amides is 2. The van der Waals surface area contributed by atoms with Gasteiger partial charge in [0.2, 0.25) is 5.82 Å². The molecule has 0 fully saturated rings. The molecule has 0 saturated carbocycles. The summed E-state index contributed by atoms with van der Waals surface area (Å²) in [6, 6.07) is 21.4. The molecule has 0 aliphatic carbocycles. The first-order valence-corrected chi connectivity index (χ1v) is 11.3. The van der Waals surface area contributed by atoms with Crippen molar-refractivity contribution in [2.75, 3.05) is 0 Å². The summed E-state index contributed by atoms with van der Waals surface area (Å²) in [4.78, 5) is 20.5. The van der Waals surface area contributed by atoms with Crippen LogP contribution in [0.3, 0.4) is 0 Å². The Labute approximate surface area is 190 Å². The van der Waals surface area contributed by atoms with Crippen LogP contribution in [0.25, 0.3) is 16.3 Å². The molecule has 2 aromatic heterocycles. The van der Waals surface area contributed by atoms with Gasteiger partial charge in [-0.3, -0.25) is 4.90 Å². The van der Waals surface area contributed by atoms with Crippen LogP contribution in [0.4, 0.5) is 4.79 Å². The average molecular weight is 443 g/mol. The second-order valence-electron chi connectivity index (χ2n) is 7.76. The van der Waals surface area contributed by atoms with Crippen LogP contribution in [0.1, 0.15) is 35.5 Å². The molecule has 7 heteroatoms. The van der Waals surface area contributed by atoms with Crippen LogP contribution >= 0.6 is 11.3 Å². The van der Waals surface area contributed by atoms with Gasteiger partial charge in [0.25, 0.3) is 5.89 Å². The lowest BCUT2D eigenvalue weighted by atomic mass is 9.94. The molecule has 160 valence electrons. The zero-order chi connectivity index (χ0) is 22.1. The third kappa shape index (κ3) is 3.83. The van der Waals surface area contributed by atoms with E-state index in [1.54, 1.807) is 16.2 Å². The molecule has 4 aromatic rings. The lowest BCUT2D eigenvalue weighted by Crippen LogP contribution is -2.45. The van der Waals surface area contributed by atoms with Crippen LogP contribution in [0, 0.1) is 6.92 Å². The number of urea groups is 1. The highest BCUT2D eigenvalue weighted by Crippen LogP contribution is 2.38. The minimum atomic E-state index is -0.380. The average Bonchev–Trinajstić information content (AvgIpc) is 3.50. The van der Waals surface area contributed by atoms with E-state index in [2.05, 4.69) is 27.6 Å². The largest absolute Gasteiger partial charge is 0.334 e. The number of hydrogen-bond donors (Lipinski definition) is 1. The lowest BCUT2D eigenvalue weighted by Gasteiger charge is -2.35. The van der Waals surface area contributed by atoms with Crippen molar-refractivity contribution in [2.45, 2.75) is 26.4 Å². The monoisotopic (exact) mass is 442 g/mol. The fourth-order valence-electron chi connectivity index (χ4n) is 3.86. The van der Waals surface area contributed by atoms with Crippen LogP contribution < -0.4 is 5.32 Å². The Bertz CT molecular complexity index is 1260. The summed E-state index contributed by atoms with van der Waals surface area (Å²) in [7, 11) is 0. The number of aryl methyl sites for hydroxylation is 1. The van der Waals surface area contributed by atoms with Crippen molar-refractivity contribution in [1.29, 1.82) is 0 Å². The van der Waals surface area contributed by atoms with Crippen molar-refractivity contribution in [1.82, 2.24) is 20.4 Å². The van der Waals surface area contributed by atoms with E-state index in [1.165, 1.54) is 5.56 Å². The summed E-state index contributed by atoms with van der Waals surface area (Å²) >= 11 is 1.56. The fourth-order valence-corrected chi connectivity index (χ4v) is 4.51. The summed E-state index contributed by atoms with van der Waals surface area (Å²) in [6.45, 7) is 4.44. The van der Waals surface area contributed by atoms with Gasteiger partial charge in [-0.25, -0.2) is 4.79 Å². The van der Waals surface area contributed by atoms with E-state index in [0.29, 0.717) is 18.3 Å². The Balaban J connectivity index is 1.59. The van der Waals surface area contributed by atoms with Crippen LogP contribution in [-0.2, 0) is 6.54 Å². The molecule has 32 heavy (non-hydrogen) atoms. The van der Waals surface area contributed by atoms with Crippen molar-refractivity contribution >= 4 is 22.9 Å². The highest BCUT2D eigenvalue weighted by Gasteiger charge is 2.35. The molecule has 0 radical (unpaired) electrons. The molecule has 0 bridgehead atoms. The minimum absolute atomic E-state index is 0.154. The standard InChI is InChI=1S/C25H22N4O2S/c1-16-10-12-18(13-11-16)15-29-17(2)21(22(26-25(29)30)19-7-4-3-5-8-19)24-27-23(28-31-24)20-9-6-14-32-20/h3-14,22H,15H2,1-2H3,(H,26,30). The number of rotatable bonds is 5. The summed E-state index contributed by atoms with van der Waals surface area (Å²) < 4.78 is 5.71. The van der Waals surface area contributed by atoms with Gasteiger partial charge >= 0.3 is 6.03 Å². The van der Waals surface area contributed by atoms with E-state index in [1.807, 2.05) is 73.8 Å². The maximum Gasteiger partial charge on any atom is 0.322 e. The molecule has 5 rings (SSSR count). The number of nitrogens with one attached hydrogen (secondary N) is 1. The number of carbonyl (C=O) groups is 1. The van der Waals surface area contributed by atoms with E-state index >= 15 is 0 Å². The SMILES string of the molecule is CC1=C(c2nc(-c3cccs3)no2)C(c2ccccc2)NC(=O)N1Cc1ccc(C)cc1. The van der Waals surface area contributed by atoms with E-state index in [9.17, 15) is 4.79 Å². The van der Waals surface area contributed by atoms with Gasteiger partial charge in [0, 0.05) is 5.70 Å². The number of thiophene rings is 1. The number of aromatic nitrogens is 2. The number of carbonyl (C=O) groups excluding carboxylic acids is 1.